The van der Waals surface area contributed by atoms with E-state index in [4.69, 9.17) is 11.1 Å². The zero-order valence-corrected chi connectivity index (χ0v) is 7.49. The largest absolute Gasteiger partial charge is 0.324 e. The Kier molecular flexibility index (Phi) is 2.05. The van der Waals surface area contributed by atoms with E-state index in [1.807, 2.05) is 24.3 Å². The van der Waals surface area contributed by atoms with Crippen molar-refractivity contribution in [1.29, 1.82) is 5.26 Å². The molecule has 0 unspecified atom stereocenters. The van der Waals surface area contributed by atoms with Gasteiger partial charge in [-0.25, -0.2) is 0 Å². The Bertz CT molecular complexity index is 511. The number of hydrogen-bond donors (Lipinski definition) is 2. The van der Waals surface area contributed by atoms with E-state index >= 15 is 0 Å². The van der Waals surface area contributed by atoms with E-state index in [0.717, 1.165) is 16.5 Å². The number of nitrogens with two attached hydrogens (primary N) is 1. The van der Waals surface area contributed by atoms with E-state index in [-0.39, 0.29) is 0 Å². The van der Waals surface area contributed by atoms with Gasteiger partial charge in [0, 0.05) is 10.8 Å². The van der Waals surface area contributed by atoms with Gasteiger partial charge in [0.1, 0.15) is 0 Å². The molecule has 0 heterocycles. The second-order valence-corrected chi connectivity index (χ2v) is 2.96. The fraction of sp³-hybridized carbons (Fsp3) is 0. The summed E-state index contributed by atoms with van der Waals surface area (Å²) in [5, 5.41) is 10.8. The number of rotatable bonds is 1. The Morgan fingerprint density at radius 3 is 2.43 bits per heavy atom. The first-order valence-electron chi connectivity index (χ1n) is 4.25. The van der Waals surface area contributed by atoms with Gasteiger partial charge in [-0.2, -0.15) is 5.26 Å². The number of anilines is 1. The molecule has 0 aliphatic heterocycles. The van der Waals surface area contributed by atoms with Crippen molar-refractivity contribution in [2.75, 3.05) is 5.43 Å². The zero-order valence-electron chi connectivity index (χ0n) is 7.49. The molecule has 0 spiro atoms. The molecule has 0 bridgehead atoms. The van der Waals surface area contributed by atoms with E-state index in [9.17, 15) is 0 Å². The Morgan fingerprint density at radius 2 is 1.79 bits per heavy atom. The molecule has 14 heavy (non-hydrogen) atoms. The van der Waals surface area contributed by atoms with Gasteiger partial charge in [-0.1, -0.05) is 24.3 Å². The van der Waals surface area contributed by atoms with Gasteiger partial charge in [0.15, 0.2) is 0 Å². The Morgan fingerprint density at radius 1 is 1.07 bits per heavy atom. The minimum atomic E-state index is 0.666. The van der Waals surface area contributed by atoms with Crippen molar-refractivity contribution in [2.45, 2.75) is 0 Å². The molecule has 3 nitrogen and oxygen atoms in total. The highest BCUT2D eigenvalue weighted by molar-refractivity contribution is 5.97. The van der Waals surface area contributed by atoms with Crippen molar-refractivity contribution in [3.63, 3.8) is 0 Å². The summed E-state index contributed by atoms with van der Waals surface area (Å²) in [6, 6.07) is 13.4. The van der Waals surface area contributed by atoms with Crippen molar-refractivity contribution in [3.8, 4) is 6.07 Å². The van der Waals surface area contributed by atoms with Crippen LogP contribution >= 0.6 is 0 Å². The number of nitriles is 1. The molecule has 0 amide bonds. The van der Waals surface area contributed by atoms with Crippen LogP contribution in [0.4, 0.5) is 5.69 Å². The Labute approximate surface area is 81.7 Å². The third-order valence-corrected chi connectivity index (χ3v) is 2.20. The molecule has 2 aromatic rings. The summed E-state index contributed by atoms with van der Waals surface area (Å²) in [7, 11) is 0. The summed E-state index contributed by atoms with van der Waals surface area (Å²) in [6.45, 7) is 0. The van der Waals surface area contributed by atoms with Crippen molar-refractivity contribution in [3.05, 3.63) is 42.0 Å². The van der Waals surface area contributed by atoms with Crippen LogP contribution in [0.1, 0.15) is 5.56 Å². The van der Waals surface area contributed by atoms with E-state index in [0.29, 0.717) is 5.56 Å². The highest BCUT2D eigenvalue weighted by Crippen LogP contribution is 2.25. The van der Waals surface area contributed by atoms with Crippen LogP contribution in [0.15, 0.2) is 36.4 Å². The van der Waals surface area contributed by atoms with Gasteiger partial charge in [-0.15, -0.1) is 0 Å². The number of nitrogens with one attached hydrogen (secondary N) is 1. The third-order valence-electron chi connectivity index (χ3n) is 2.20. The highest BCUT2D eigenvalue weighted by atomic mass is 15.2. The summed E-state index contributed by atoms with van der Waals surface area (Å²) in [4.78, 5) is 0. The molecule has 0 fully saturated rings. The Hall–Kier alpha value is -2.05. The molecule has 0 atom stereocenters. The lowest BCUT2D eigenvalue weighted by Gasteiger charge is -2.06. The van der Waals surface area contributed by atoms with Gasteiger partial charge in [0.2, 0.25) is 0 Å². The number of fused-ring (bicyclic) bond motifs is 1. The molecular formula is C11H9N3. The van der Waals surface area contributed by atoms with Gasteiger partial charge in [0.25, 0.3) is 0 Å². The molecule has 2 aromatic carbocycles. The van der Waals surface area contributed by atoms with Crippen LogP contribution in [0, 0.1) is 11.3 Å². The smallest absolute Gasteiger partial charge is 0.0998 e. The normalized spacial score (nSPS) is 9.71. The second-order valence-electron chi connectivity index (χ2n) is 2.96. The summed E-state index contributed by atoms with van der Waals surface area (Å²) in [6.07, 6.45) is 0. The monoisotopic (exact) mass is 183 g/mol. The summed E-state index contributed by atoms with van der Waals surface area (Å²) < 4.78 is 0. The average Bonchev–Trinajstić information content (AvgIpc) is 2.27. The third kappa shape index (κ3) is 1.18. The van der Waals surface area contributed by atoms with E-state index < -0.39 is 0 Å². The molecule has 0 aliphatic rings. The number of hydrogen-bond acceptors (Lipinski definition) is 3. The van der Waals surface area contributed by atoms with Crippen LogP contribution < -0.4 is 11.3 Å². The number of benzene rings is 2. The van der Waals surface area contributed by atoms with Crippen molar-refractivity contribution < 1.29 is 0 Å². The van der Waals surface area contributed by atoms with E-state index in [1.54, 1.807) is 12.1 Å². The van der Waals surface area contributed by atoms with Crippen molar-refractivity contribution in [2.24, 2.45) is 5.84 Å². The van der Waals surface area contributed by atoms with Gasteiger partial charge < -0.3 is 5.43 Å². The molecule has 0 saturated carbocycles. The molecule has 0 saturated heterocycles. The molecular weight excluding hydrogens is 174 g/mol. The molecule has 0 radical (unpaired) electrons. The van der Waals surface area contributed by atoms with E-state index in [2.05, 4.69) is 11.5 Å². The standard InChI is InChI=1S/C11H9N3/c12-7-8-5-6-11(14-13)10-4-2-1-3-9(8)10/h1-6,14H,13H2. The maximum Gasteiger partial charge on any atom is 0.0998 e. The van der Waals surface area contributed by atoms with Crippen LogP contribution in [-0.2, 0) is 0 Å². The lowest BCUT2D eigenvalue weighted by Crippen LogP contribution is -2.07. The maximum atomic E-state index is 8.90. The predicted molar refractivity (Wildman–Crippen MR) is 56.5 cm³/mol. The predicted octanol–water partition coefficient (Wildman–Crippen LogP) is 2.00. The summed E-state index contributed by atoms with van der Waals surface area (Å²) in [5.41, 5.74) is 4.11. The van der Waals surface area contributed by atoms with Crippen molar-refractivity contribution in [1.82, 2.24) is 0 Å². The molecule has 0 aromatic heterocycles. The lowest BCUT2D eigenvalue weighted by atomic mass is 10.0. The lowest BCUT2D eigenvalue weighted by molar-refractivity contribution is 1.37. The van der Waals surface area contributed by atoms with Crippen LogP contribution in [0.25, 0.3) is 10.8 Å². The fourth-order valence-corrected chi connectivity index (χ4v) is 1.52. The SMILES string of the molecule is N#Cc1ccc(NN)c2ccccc12. The van der Waals surface area contributed by atoms with Crippen LogP contribution in [0.5, 0.6) is 0 Å². The summed E-state index contributed by atoms with van der Waals surface area (Å²) >= 11 is 0. The zero-order chi connectivity index (χ0) is 9.97. The second kappa shape index (κ2) is 3.36. The van der Waals surface area contributed by atoms with Crippen molar-refractivity contribution >= 4 is 16.5 Å². The average molecular weight is 183 g/mol. The van der Waals surface area contributed by atoms with Gasteiger partial charge in [0.05, 0.1) is 17.3 Å². The topological polar surface area (TPSA) is 61.8 Å². The first kappa shape index (κ1) is 8.54. The molecule has 68 valence electrons. The van der Waals surface area contributed by atoms with Gasteiger partial charge in [-0.05, 0) is 12.1 Å². The first-order valence-corrected chi connectivity index (χ1v) is 4.25. The first-order chi connectivity index (χ1) is 6.86. The number of nitrogen functional groups attached to an aromatic ring is 1. The molecule has 3 N–H and O–H groups in total. The molecule has 0 aliphatic carbocycles. The highest BCUT2D eigenvalue weighted by Gasteiger charge is 2.02. The Balaban J connectivity index is 2.87. The van der Waals surface area contributed by atoms with Gasteiger partial charge in [-0.3, -0.25) is 5.84 Å². The number of nitrogens with zero attached hydrogens (tertiary/aromatic N) is 1. The quantitative estimate of drug-likeness (QED) is 0.525. The maximum absolute atomic E-state index is 8.90. The van der Waals surface area contributed by atoms with Crippen LogP contribution in [0.2, 0.25) is 0 Å². The number of hydrazine groups is 1. The summed E-state index contributed by atoms with van der Waals surface area (Å²) in [5.74, 6) is 5.37. The minimum Gasteiger partial charge on any atom is -0.324 e. The van der Waals surface area contributed by atoms with Gasteiger partial charge >= 0.3 is 0 Å². The van der Waals surface area contributed by atoms with Crippen LogP contribution in [0.3, 0.4) is 0 Å². The molecule has 3 heteroatoms. The molecule has 2 rings (SSSR count). The van der Waals surface area contributed by atoms with Crippen LogP contribution in [-0.4, -0.2) is 0 Å². The fourth-order valence-electron chi connectivity index (χ4n) is 1.52. The minimum absolute atomic E-state index is 0.666. The van der Waals surface area contributed by atoms with E-state index in [1.165, 1.54) is 0 Å².